The van der Waals surface area contributed by atoms with Gasteiger partial charge in [-0.15, -0.1) is 0 Å². The van der Waals surface area contributed by atoms with Crippen LogP contribution in [0.15, 0.2) is 0 Å². The maximum Gasteiger partial charge on any atom is 0.0692 e. The van der Waals surface area contributed by atoms with E-state index in [0.29, 0.717) is 11.3 Å². The first kappa shape index (κ1) is 16.0. The predicted molar refractivity (Wildman–Crippen MR) is 78.7 cm³/mol. The van der Waals surface area contributed by atoms with E-state index < -0.39 is 0 Å². The first-order valence-electron chi connectivity index (χ1n) is 7.53. The lowest BCUT2D eigenvalue weighted by atomic mass is 9.69. The molecule has 0 spiro atoms. The fourth-order valence-electron chi connectivity index (χ4n) is 2.95. The minimum Gasteiger partial charge on any atom is -0.392 e. The summed E-state index contributed by atoms with van der Waals surface area (Å²) in [7, 11) is 0. The SMILES string of the molecule is CC(C)(C)NCC(O)C1CCC(C(C)(C)C)CC1. The lowest BCUT2D eigenvalue weighted by Crippen LogP contribution is -2.44. The molecule has 108 valence electrons. The fourth-order valence-corrected chi connectivity index (χ4v) is 2.95. The quantitative estimate of drug-likeness (QED) is 0.808. The number of nitrogens with one attached hydrogen (secondary N) is 1. The lowest BCUT2D eigenvalue weighted by molar-refractivity contribution is 0.0496. The maximum atomic E-state index is 10.3. The van der Waals surface area contributed by atoms with Crippen LogP contribution in [0.5, 0.6) is 0 Å². The molecule has 0 bridgehead atoms. The van der Waals surface area contributed by atoms with E-state index in [2.05, 4.69) is 46.9 Å². The predicted octanol–water partition coefficient (Wildman–Crippen LogP) is 3.59. The molecule has 0 heterocycles. The van der Waals surface area contributed by atoms with Crippen LogP contribution in [-0.4, -0.2) is 23.3 Å². The molecule has 1 unspecified atom stereocenters. The third-order valence-electron chi connectivity index (χ3n) is 4.38. The van der Waals surface area contributed by atoms with Crippen molar-refractivity contribution in [1.82, 2.24) is 5.32 Å². The molecule has 1 aliphatic rings. The van der Waals surface area contributed by atoms with Crippen molar-refractivity contribution in [2.75, 3.05) is 6.54 Å². The van der Waals surface area contributed by atoms with E-state index in [1.54, 1.807) is 0 Å². The Morgan fingerprint density at radius 3 is 1.89 bits per heavy atom. The molecular formula is C16H33NO. The second-order valence-electron chi connectivity index (χ2n) is 8.18. The molecule has 1 aliphatic carbocycles. The number of aliphatic hydroxyl groups excluding tert-OH is 1. The van der Waals surface area contributed by atoms with Gasteiger partial charge in [0.1, 0.15) is 0 Å². The third kappa shape index (κ3) is 5.27. The van der Waals surface area contributed by atoms with E-state index in [1.807, 2.05) is 0 Å². The molecule has 0 aromatic rings. The lowest BCUT2D eigenvalue weighted by Gasteiger charge is -2.38. The molecule has 1 fully saturated rings. The molecule has 2 N–H and O–H groups in total. The van der Waals surface area contributed by atoms with E-state index in [-0.39, 0.29) is 11.6 Å². The maximum absolute atomic E-state index is 10.3. The van der Waals surface area contributed by atoms with Gasteiger partial charge in [-0.2, -0.15) is 0 Å². The van der Waals surface area contributed by atoms with Crippen molar-refractivity contribution >= 4 is 0 Å². The zero-order valence-corrected chi connectivity index (χ0v) is 13.2. The molecule has 0 amide bonds. The van der Waals surface area contributed by atoms with Crippen LogP contribution in [0, 0.1) is 17.3 Å². The molecule has 1 rings (SSSR count). The van der Waals surface area contributed by atoms with E-state index in [9.17, 15) is 5.11 Å². The summed E-state index contributed by atoms with van der Waals surface area (Å²) < 4.78 is 0. The van der Waals surface area contributed by atoms with Gasteiger partial charge >= 0.3 is 0 Å². The van der Waals surface area contributed by atoms with Crippen molar-refractivity contribution in [3.8, 4) is 0 Å². The minimum absolute atomic E-state index is 0.101. The average Bonchev–Trinajstić information content (AvgIpc) is 2.24. The monoisotopic (exact) mass is 255 g/mol. The summed E-state index contributed by atoms with van der Waals surface area (Å²) in [6, 6.07) is 0. The standard InChI is InChI=1S/C16H33NO/c1-15(2,3)13-9-7-12(8-10-13)14(18)11-17-16(4,5)6/h12-14,17-18H,7-11H2,1-6H3. The van der Waals surface area contributed by atoms with Crippen molar-refractivity contribution in [2.24, 2.45) is 17.3 Å². The largest absolute Gasteiger partial charge is 0.392 e. The van der Waals surface area contributed by atoms with Crippen LogP contribution in [0.2, 0.25) is 0 Å². The van der Waals surface area contributed by atoms with Gasteiger partial charge < -0.3 is 10.4 Å². The van der Waals surface area contributed by atoms with E-state index in [0.717, 1.165) is 12.5 Å². The summed E-state index contributed by atoms with van der Waals surface area (Å²) in [4.78, 5) is 0. The molecule has 0 aromatic carbocycles. The molecule has 0 radical (unpaired) electrons. The number of hydrogen-bond donors (Lipinski definition) is 2. The normalized spacial score (nSPS) is 28.2. The number of hydrogen-bond acceptors (Lipinski definition) is 2. The summed E-state index contributed by atoms with van der Waals surface area (Å²) in [6.45, 7) is 14.2. The highest BCUT2D eigenvalue weighted by molar-refractivity contribution is 4.84. The summed E-state index contributed by atoms with van der Waals surface area (Å²) in [5.74, 6) is 1.33. The molecule has 0 aliphatic heterocycles. The molecule has 2 nitrogen and oxygen atoms in total. The van der Waals surface area contributed by atoms with Gasteiger partial charge in [-0.1, -0.05) is 20.8 Å². The molecule has 2 heteroatoms. The highest BCUT2D eigenvalue weighted by Crippen LogP contribution is 2.40. The van der Waals surface area contributed by atoms with Gasteiger partial charge in [0.25, 0.3) is 0 Å². The first-order valence-corrected chi connectivity index (χ1v) is 7.53. The molecular weight excluding hydrogens is 222 g/mol. The Bertz CT molecular complexity index is 241. The van der Waals surface area contributed by atoms with Crippen LogP contribution >= 0.6 is 0 Å². The van der Waals surface area contributed by atoms with Crippen LogP contribution < -0.4 is 5.32 Å². The molecule has 0 saturated heterocycles. The summed E-state index contributed by atoms with van der Waals surface area (Å²) in [5, 5.41) is 13.7. The van der Waals surface area contributed by atoms with E-state index >= 15 is 0 Å². The fraction of sp³-hybridized carbons (Fsp3) is 1.00. The highest BCUT2D eigenvalue weighted by atomic mass is 16.3. The Balaban J connectivity index is 2.34. The summed E-state index contributed by atoms with van der Waals surface area (Å²) in [5.41, 5.74) is 0.531. The Kier molecular flexibility index (Phi) is 5.25. The van der Waals surface area contributed by atoms with Crippen LogP contribution in [0.4, 0.5) is 0 Å². The van der Waals surface area contributed by atoms with E-state index in [1.165, 1.54) is 25.7 Å². The van der Waals surface area contributed by atoms with Gasteiger partial charge in [0.15, 0.2) is 0 Å². The van der Waals surface area contributed by atoms with Crippen LogP contribution in [0.3, 0.4) is 0 Å². The number of aliphatic hydroxyl groups is 1. The molecule has 18 heavy (non-hydrogen) atoms. The first-order chi connectivity index (χ1) is 8.09. The van der Waals surface area contributed by atoms with Crippen LogP contribution in [0.1, 0.15) is 67.2 Å². The van der Waals surface area contributed by atoms with Crippen LogP contribution in [0.25, 0.3) is 0 Å². The molecule has 1 saturated carbocycles. The Morgan fingerprint density at radius 1 is 1.00 bits per heavy atom. The summed E-state index contributed by atoms with van der Waals surface area (Å²) in [6.07, 6.45) is 4.76. The Hall–Kier alpha value is -0.0800. The highest BCUT2D eigenvalue weighted by Gasteiger charge is 2.32. The topological polar surface area (TPSA) is 32.3 Å². The van der Waals surface area contributed by atoms with Crippen LogP contribution in [-0.2, 0) is 0 Å². The van der Waals surface area contributed by atoms with Gasteiger partial charge in [-0.25, -0.2) is 0 Å². The average molecular weight is 255 g/mol. The second kappa shape index (κ2) is 5.92. The van der Waals surface area contributed by atoms with Crippen molar-refractivity contribution in [3.05, 3.63) is 0 Å². The van der Waals surface area contributed by atoms with Crippen molar-refractivity contribution < 1.29 is 5.11 Å². The van der Waals surface area contributed by atoms with Crippen molar-refractivity contribution in [2.45, 2.75) is 78.9 Å². The zero-order chi connectivity index (χ0) is 14.0. The van der Waals surface area contributed by atoms with E-state index in [4.69, 9.17) is 0 Å². The van der Waals surface area contributed by atoms with Gasteiger partial charge in [0.05, 0.1) is 6.10 Å². The molecule has 1 atom stereocenters. The Labute approximate surface area is 114 Å². The van der Waals surface area contributed by atoms with Gasteiger partial charge in [0.2, 0.25) is 0 Å². The van der Waals surface area contributed by atoms with Crippen molar-refractivity contribution in [1.29, 1.82) is 0 Å². The van der Waals surface area contributed by atoms with Gasteiger partial charge in [-0.3, -0.25) is 0 Å². The molecule has 0 aromatic heterocycles. The number of rotatable bonds is 3. The van der Waals surface area contributed by atoms with Crippen molar-refractivity contribution in [3.63, 3.8) is 0 Å². The van der Waals surface area contributed by atoms with Gasteiger partial charge in [-0.05, 0) is 63.7 Å². The smallest absolute Gasteiger partial charge is 0.0692 e. The zero-order valence-electron chi connectivity index (χ0n) is 13.2. The minimum atomic E-state index is -0.176. The second-order valence-corrected chi connectivity index (χ2v) is 8.18. The Morgan fingerprint density at radius 2 is 1.50 bits per heavy atom. The number of β-amino-alcohol motifs (C(OH)–C–C–N with tert-alkyl or cyclic N) is 1. The third-order valence-corrected chi connectivity index (χ3v) is 4.38. The summed E-state index contributed by atoms with van der Waals surface area (Å²) >= 11 is 0. The van der Waals surface area contributed by atoms with Gasteiger partial charge in [0, 0.05) is 12.1 Å².